The van der Waals surface area contributed by atoms with Crippen molar-refractivity contribution in [2.75, 3.05) is 13.7 Å². The minimum atomic E-state index is -3.58. The minimum absolute atomic E-state index is 0.176. The topological polar surface area (TPSA) is 101 Å². The van der Waals surface area contributed by atoms with Crippen LogP contribution >= 0.6 is 0 Å². The molecule has 1 aromatic heterocycles. The molecule has 24 heavy (non-hydrogen) atoms. The van der Waals surface area contributed by atoms with Gasteiger partial charge < -0.3 is 9.15 Å². The lowest BCUT2D eigenvalue weighted by Gasteiger charge is -2.07. The summed E-state index contributed by atoms with van der Waals surface area (Å²) in [5.41, 5.74) is 1.93. The van der Waals surface area contributed by atoms with E-state index in [0.717, 1.165) is 5.56 Å². The smallest absolute Gasteiger partial charge is 0.417 e. The molecule has 0 atom stereocenters. The maximum atomic E-state index is 12.2. The third-order valence-corrected chi connectivity index (χ3v) is 5.04. The van der Waals surface area contributed by atoms with Gasteiger partial charge in [0.15, 0.2) is 5.58 Å². The Balaban J connectivity index is 1.66. The van der Waals surface area contributed by atoms with Gasteiger partial charge in [-0.1, -0.05) is 6.07 Å². The van der Waals surface area contributed by atoms with Crippen LogP contribution in [0.2, 0.25) is 0 Å². The van der Waals surface area contributed by atoms with Crippen molar-refractivity contribution in [3.8, 4) is 5.75 Å². The Morgan fingerprint density at radius 3 is 2.62 bits per heavy atom. The van der Waals surface area contributed by atoms with E-state index in [1.807, 2.05) is 6.07 Å². The third kappa shape index (κ3) is 3.50. The summed E-state index contributed by atoms with van der Waals surface area (Å²) in [4.78, 5) is 13.9. The Hall–Kier alpha value is -2.58. The van der Waals surface area contributed by atoms with Crippen LogP contribution in [0, 0.1) is 0 Å². The molecular formula is C16H16N2O5S. The Morgan fingerprint density at radius 2 is 1.92 bits per heavy atom. The molecule has 0 aliphatic heterocycles. The molecule has 0 fully saturated rings. The van der Waals surface area contributed by atoms with E-state index in [1.165, 1.54) is 19.2 Å². The standard InChI is InChI=1S/C16H16N2O5S/c1-22-12-3-5-13(6-4-12)24(20,21)17-9-8-11-2-7-14-15(10-11)23-16(19)18-14/h2-7,10,17H,8-9H2,1H3,(H,18,19). The molecule has 0 spiro atoms. The molecule has 7 nitrogen and oxygen atoms in total. The van der Waals surface area contributed by atoms with Gasteiger partial charge in [-0.2, -0.15) is 0 Å². The van der Waals surface area contributed by atoms with Crippen LogP contribution in [0.25, 0.3) is 11.1 Å². The average molecular weight is 348 g/mol. The molecule has 0 saturated heterocycles. The maximum Gasteiger partial charge on any atom is 0.417 e. The van der Waals surface area contributed by atoms with E-state index < -0.39 is 15.8 Å². The average Bonchev–Trinajstić information content (AvgIpc) is 2.94. The van der Waals surface area contributed by atoms with Crippen LogP contribution < -0.4 is 15.2 Å². The van der Waals surface area contributed by atoms with Gasteiger partial charge in [0.1, 0.15) is 5.75 Å². The monoisotopic (exact) mass is 348 g/mol. The first-order valence-electron chi connectivity index (χ1n) is 7.23. The largest absolute Gasteiger partial charge is 0.497 e. The van der Waals surface area contributed by atoms with Crippen molar-refractivity contribution >= 4 is 21.1 Å². The van der Waals surface area contributed by atoms with Crippen LogP contribution in [0.5, 0.6) is 5.75 Å². The van der Waals surface area contributed by atoms with Crippen LogP contribution in [0.15, 0.2) is 56.6 Å². The zero-order valence-corrected chi connectivity index (χ0v) is 13.7. The number of nitrogens with one attached hydrogen (secondary N) is 2. The van der Waals surface area contributed by atoms with Gasteiger partial charge in [0.2, 0.25) is 10.0 Å². The Bertz CT molecular complexity index is 1000. The molecule has 3 aromatic rings. The SMILES string of the molecule is COc1ccc(S(=O)(=O)NCCc2ccc3[nH]c(=O)oc3c2)cc1. The summed E-state index contributed by atoms with van der Waals surface area (Å²) in [6.07, 6.45) is 0.472. The van der Waals surface area contributed by atoms with Crippen molar-refractivity contribution < 1.29 is 17.6 Å². The van der Waals surface area contributed by atoms with E-state index in [1.54, 1.807) is 24.3 Å². The summed E-state index contributed by atoms with van der Waals surface area (Å²) in [5, 5.41) is 0. The second-order valence-electron chi connectivity index (χ2n) is 5.17. The zero-order chi connectivity index (χ0) is 17.2. The van der Waals surface area contributed by atoms with Crippen molar-refractivity contribution in [3.05, 3.63) is 58.6 Å². The number of ether oxygens (including phenoxy) is 1. The molecule has 126 valence electrons. The number of methoxy groups -OCH3 is 1. The van der Waals surface area contributed by atoms with Crippen molar-refractivity contribution in [3.63, 3.8) is 0 Å². The van der Waals surface area contributed by atoms with Crippen molar-refractivity contribution in [1.29, 1.82) is 0 Å². The van der Waals surface area contributed by atoms with Gasteiger partial charge in [-0.15, -0.1) is 0 Å². The molecule has 8 heteroatoms. The Morgan fingerprint density at radius 1 is 1.17 bits per heavy atom. The summed E-state index contributed by atoms with van der Waals surface area (Å²) in [7, 11) is -2.06. The molecule has 1 heterocycles. The van der Waals surface area contributed by atoms with Gasteiger partial charge in [0.25, 0.3) is 0 Å². The Labute approximate surface area is 138 Å². The van der Waals surface area contributed by atoms with Crippen molar-refractivity contribution in [2.24, 2.45) is 0 Å². The van der Waals surface area contributed by atoms with Crippen LogP contribution in [0.1, 0.15) is 5.56 Å². The summed E-state index contributed by atoms with van der Waals surface area (Å²) in [6.45, 7) is 0.231. The number of hydrogen-bond acceptors (Lipinski definition) is 5. The lowest BCUT2D eigenvalue weighted by Crippen LogP contribution is -2.25. The van der Waals surface area contributed by atoms with Gasteiger partial charge in [-0.25, -0.2) is 17.9 Å². The van der Waals surface area contributed by atoms with E-state index in [2.05, 4.69) is 9.71 Å². The predicted molar refractivity (Wildman–Crippen MR) is 88.7 cm³/mol. The van der Waals surface area contributed by atoms with Gasteiger partial charge in [-0.3, -0.25) is 4.98 Å². The fraction of sp³-hybridized carbons (Fsp3) is 0.188. The highest BCUT2D eigenvalue weighted by molar-refractivity contribution is 7.89. The number of aromatic nitrogens is 1. The quantitative estimate of drug-likeness (QED) is 0.705. The predicted octanol–water partition coefficient (Wildman–Crippen LogP) is 1.65. The number of benzene rings is 2. The molecular weight excluding hydrogens is 332 g/mol. The molecule has 0 saturated carbocycles. The fourth-order valence-electron chi connectivity index (χ4n) is 2.31. The summed E-state index contributed by atoms with van der Waals surface area (Å²) >= 11 is 0. The van der Waals surface area contributed by atoms with Crippen molar-refractivity contribution in [1.82, 2.24) is 9.71 Å². The van der Waals surface area contributed by atoms with Crippen LogP contribution in [-0.2, 0) is 16.4 Å². The highest BCUT2D eigenvalue weighted by Crippen LogP contribution is 2.16. The molecule has 0 bridgehead atoms. The molecule has 3 rings (SSSR count). The highest BCUT2D eigenvalue weighted by Gasteiger charge is 2.13. The van der Waals surface area contributed by atoms with E-state index in [0.29, 0.717) is 23.3 Å². The maximum absolute atomic E-state index is 12.2. The van der Waals surface area contributed by atoms with Gasteiger partial charge >= 0.3 is 5.76 Å². The summed E-state index contributed by atoms with van der Waals surface area (Å²) in [5.74, 6) is 0.0811. The molecule has 0 amide bonds. The van der Waals surface area contributed by atoms with E-state index in [-0.39, 0.29) is 11.4 Å². The number of aromatic amines is 1. The van der Waals surface area contributed by atoms with Gasteiger partial charge in [0, 0.05) is 6.54 Å². The third-order valence-electron chi connectivity index (χ3n) is 3.56. The number of hydrogen-bond donors (Lipinski definition) is 2. The fourth-order valence-corrected chi connectivity index (χ4v) is 3.35. The normalized spacial score (nSPS) is 11.7. The molecule has 2 N–H and O–H groups in total. The number of oxazole rings is 1. The first-order valence-corrected chi connectivity index (χ1v) is 8.72. The van der Waals surface area contributed by atoms with Crippen LogP contribution in [-0.4, -0.2) is 27.1 Å². The first kappa shape index (κ1) is 16.3. The van der Waals surface area contributed by atoms with Crippen LogP contribution in [0.3, 0.4) is 0 Å². The molecule has 0 radical (unpaired) electrons. The Kier molecular flexibility index (Phi) is 4.41. The zero-order valence-electron chi connectivity index (χ0n) is 12.9. The number of fused-ring (bicyclic) bond motifs is 1. The second-order valence-corrected chi connectivity index (χ2v) is 6.94. The molecule has 2 aromatic carbocycles. The lowest BCUT2D eigenvalue weighted by atomic mass is 10.1. The van der Waals surface area contributed by atoms with Crippen molar-refractivity contribution in [2.45, 2.75) is 11.3 Å². The molecule has 0 unspecified atom stereocenters. The number of sulfonamides is 1. The molecule has 0 aliphatic carbocycles. The summed E-state index contributed by atoms with van der Waals surface area (Å²) < 4.78 is 37.0. The number of rotatable bonds is 6. The first-order chi connectivity index (χ1) is 11.5. The highest BCUT2D eigenvalue weighted by atomic mass is 32.2. The van der Waals surface area contributed by atoms with E-state index >= 15 is 0 Å². The summed E-state index contributed by atoms with van der Waals surface area (Å²) in [6, 6.07) is 11.4. The second kappa shape index (κ2) is 6.50. The minimum Gasteiger partial charge on any atom is -0.497 e. The number of H-pyrrole nitrogens is 1. The lowest BCUT2D eigenvalue weighted by molar-refractivity contribution is 0.414. The van der Waals surface area contributed by atoms with Gasteiger partial charge in [0.05, 0.1) is 17.5 Å². The van der Waals surface area contributed by atoms with Gasteiger partial charge in [-0.05, 0) is 48.4 Å². The molecule has 0 aliphatic rings. The van der Waals surface area contributed by atoms with E-state index in [9.17, 15) is 13.2 Å². The van der Waals surface area contributed by atoms with Crippen LogP contribution in [0.4, 0.5) is 0 Å². The van der Waals surface area contributed by atoms with E-state index in [4.69, 9.17) is 9.15 Å².